The number of nitro benzene ring substituents is 1. The molecular weight excluding hydrogens is 334 g/mol. The van der Waals surface area contributed by atoms with E-state index in [4.69, 9.17) is 8.92 Å². The van der Waals surface area contributed by atoms with E-state index in [-0.39, 0.29) is 11.5 Å². The Kier molecular flexibility index (Phi) is 5.20. The van der Waals surface area contributed by atoms with E-state index in [1.54, 1.807) is 12.1 Å². The van der Waals surface area contributed by atoms with E-state index in [1.807, 2.05) is 19.1 Å². The molecule has 24 heavy (non-hydrogen) atoms. The van der Waals surface area contributed by atoms with Gasteiger partial charge in [-0.25, -0.2) is 0 Å². The van der Waals surface area contributed by atoms with Gasteiger partial charge in [0.05, 0.1) is 12.0 Å². The van der Waals surface area contributed by atoms with Crippen molar-refractivity contribution in [1.82, 2.24) is 0 Å². The Labute approximate surface area is 139 Å². The highest BCUT2D eigenvalue weighted by Crippen LogP contribution is 2.33. The van der Waals surface area contributed by atoms with Gasteiger partial charge in [0.2, 0.25) is 0 Å². The molecule has 0 aliphatic rings. The van der Waals surface area contributed by atoms with Crippen LogP contribution < -0.4 is 8.92 Å². The summed E-state index contributed by atoms with van der Waals surface area (Å²) in [4.78, 5) is 9.72. The predicted molar refractivity (Wildman–Crippen MR) is 88.6 cm³/mol. The number of nitrogens with zero attached hydrogens (tertiary/aromatic N) is 1. The summed E-state index contributed by atoms with van der Waals surface area (Å²) < 4.78 is 35.0. The zero-order chi connectivity index (χ0) is 17.7. The van der Waals surface area contributed by atoms with Gasteiger partial charge < -0.3 is 8.92 Å². The SMILES string of the molecule is C/C=C\c1ccc(OS(=O)(=O)c2ccccc2[N+](=O)[O-])c(OC)c1. The molecule has 0 unspecified atom stereocenters. The Bertz CT molecular complexity index is 889. The minimum absolute atomic E-state index is 0.0519. The van der Waals surface area contributed by atoms with Crippen LogP contribution in [0.5, 0.6) is 11.5 Å². The standard InChI is InChI=1S/C16H15NO6S/c1-3-6-12-9-10-14(15(11-12)22-2)23-24(20,21)16-8-5-4-7-13(16)17(18)19/h3-11H,1-2H3/b6-3-. The molecule has 0 radical (unpaired) electrons. The third kappa shape index (κ3) is 3.72. The summed E-state index contributed by atoms with van der Waals surface area (Å²) in [7, 11) is -3.01. The first-order valence-corrected chi connectivity index (χ1v) is 8.28. The maximum Gasteiger partial charge on any atom is 0.346 e. The fraction of sp³-hybridized carbons (Fsp3) is 0.125. The van der Waals surface area contributed by atoms with Crippen molar-refractivity contribution in [2.75, 3.05) is 7.11 Å². The number of para-hydroxylation sites is 1. The number of nitro groups is 1. The summed E-state index contributed by atoms with van der Waals surface area (Å²) in [5.41, 5.74) is 0.242. The molecule has 0 N–H and O–H groups in total. The molecule has 0 aromatic heterocycles. The summed E-state index contributed by atoms with van der Waals surface area (Å²) in [5.74, 6) is 0.150. The van der Waals surface area contributed by atoms with Gasteiger partial charge in [-0.05, 0) is 30.7 Å². The van der Waals surface area contributed by atoms with Gasteiger partial charge in [0.1, 0.15) is 0 Å². The molecule has 2 aromatic rings. The van der Waals surface area contributed by atoms with Crippen LogP contribution in [0.2, 0.25) is 0 Å². The lowest BCUT2D eigenvalue weighted by Gasteiger charge is -2.11. The molecule has 0 aliphatic carbocycles. The topological polar surface area (TPSA) is 95.7 Å². The number of ether oxygens (including phenoxy) is 1. The first-order chi connectivity index (χ1) is 11.4. The van der Waals surface area contributed by atoms with Crippen molar-refractivity contribution in [3.8, 4) is 11.5 Å². The van der Waals surface area contributed by atoms with Crippen molar-refractivity contribution in [2.24, 2.45) is 0 Å². The fourth-order valence-corrected chi connectivity index (χ4v) is 3.14. The van der Waals surface area contributed by atoms with Crippen molar-refractivity contribution in [1.29, 1.82) is 0 Å². The number of allylic oxidation sites excluding steroid dienone is 1. The number of rotatable bonds is 6. The molecule has 0 saturated carbocycles. The summed E-state index contributed by atoms with van der Waals surface area (Å²) in [5, 5.41) is 11.0. The average molecular weight is 349 g/mol. The minimum Gasteiger partial charge on any atom is -0.493 e. The van der Waals surface area contributed by atoms with Crippen LogP contribution in [-0.4, -0.2) is 20.5 Å². The third-order valence-electron chi connectivity index (χ3n) is 3.08. The highest BCUT2D eigenvalue weighted by atomic mass is 32.2. The first kappa shape index (κ1) is 17.5. The van der Waals surface area contributed by atoms with Crippen LogP contribution in [0.3, 0.4) is 0 Å². The van der Waals surface area contributed by atoms with E-state index in [2.05, 4.69) is 0 Å². The van der Waals surface area contributed by atoms with E-state index in [0.29, 0.717) is 0 Å². The molecule has 0 aliphatic heterocycles. The molecular formula is C16H15NO6S. The molecule has 0 bridgehead atoms. The number of methoxy groups -OCH3 is 1. The molecule has 126 valence electrons. The van der Waals surface area contributed by atoms with Gasteiger partial charge in [-0.3, -0.25) is 10.1 Å². The van der Waals surface area contributed by atoms with Gasteiger partial charge in [-0.15, -0.1) is 0 Å². The minimum atomic E-state index is -4.39. The van der Waals surface area contributed by atoms with Gasteiger partial charge in [0.25, 0.3) is 5.69 Å². The van der Waals surface area contributed by atoms with Gasteiger partial charge in [0.15, 0.2) is 16.4 Å². The smallest absolute Gasteiger partial charge is 0.346 e. The molecule has 2 aromatic carbocycles. The second-order valence-electron chi connectivity index (χ2n) is 4.67. The monoisotopic (exact) mass is 349 g/mol. The maximum atomic E-state index is 12.4. The molecule has 0 heterocycles. The Morgan fingerprint density at radius 3 is 2.46 bits per heavy atom. The zero-order valence-corrected chi connectivity index (χ0v) is 13.8. The summed E-state index contributed by atoms with van der Waals surface area (Å²) in [6.45, 7) is 1.84. The van der Waals surface area contributed by atoms with Crippen LogP contribution in [0.15, 0.2) is 53.4 Å². The highest BCUT2D eigenvalue weighted by molar-refractivity contribution is 7.87. The van der Waals surface area contributed by atoms with Crippen LogP contribution in [0.1, 0.15) is 12.5 Å². The lowest BCUT2D eigenvalue weighted by Crippen LogP contribution is -2.12. The lowest BCUT2D eigenvalue weighted by atomic mass is 10.2. The van der Waals surface area contributed by atoms with Crippen molar-refractivity contribution in [3.63, 3.8) is 0 Å². The van der Waals surface area contributed by atoms with Gasteiger partial charge in [-0.2, -0.15) is 8.42 Å². The normalized spacial score (nSPS) is 11.4. The third-order valence-corrected chi connectivity index (χ3v) is 4.36. The Morgan fingerprint density at radius 2 is 1.83 bits per heavy atom. The number of benzene rings is 2. The van der Waals surface area contributed by atoms with Gasteiger partial charge >= 0.3 is 10.1 Å². The van der Waals surface area contributed by atoms with Crippen molar-refractivity contribution >= 4 is 21.9 Å². The molecule has 0 amide bonds. The van der Waals surface area contributed by atoms with Crippen LogP contribution >= 0.6 is 0 Å². The summed E-state index contributed by atoms with van der Waals surface area (Å²) in [6.07, 6.45) is 3.63. The zero-order valence-electron chi connectivity index (χ0n) is 13.0. The van der Waals surface area contributed by atoms with E-state index < -0.39 is 25.6 Å². The van der Waals surface area contributed by atoms with Crippen LogP contribution in [0.25, 0.3) is 6.08 Å². The second kappa shape index (κ2) is 7.14. The van der Waals surface area contributed by atoms with Crippen LogP contribution in [0, 0.1) is 10.1 Å². The van der Waals surface area contributed by atoms with E-state index in [1.165, 1.54) is 25.3 Å². The largest absolute Gasteiger partial charge is 0.493 e. The first-order valence-electron chi connectivity index (χ1n) is 6.87. The van der Waals surface area contributed by atoms with Gasteiger partial charge in [-0.1, -0.05) is 30.4 Å². The summed E-state index contributed by atoms with van der Waals surface area (Å²) in [6, 6.07) is 9.66. The average Bonchev–Trinajstić information content (AvgIpc) is 2.56. The van der Waals surface area contributed by atoms with E-state index in [0.717, 1.165) is 17.7 Å². The van der Waals surface area contributed by atoms with E-state index >= 15 is 0 Å². The Hall–Kier alpha value is -2.87. The molecule has 0 atom stereocenters. The fourth-order valence-electron chi connectivity index (χ4n) is 2.03. The van der Waals surface area contributed by atoms with Gasteiger partial charge in [0, 0.05) is 6.07 Å². The predicted octanol–water partition coefficient (Wildman–Crippen LogP) is 3.40. The number of hydrogen-bond acceptors (Lipinski definition) is 6. The molecule has 0 fully saturated rings. The summed E-state index contributed by atoms with van der Waals surface area (Å²) >= 11 is 0. The Balaban J connectivity index is 2.45. The Morgan fingerprint density at radius 1 is 1.12 bits per heavy atom. The van der Waals surface area contributed by atoms with Crippen LogP contribution in [-0.2, 0) is 10.1 Å². The molecule has 8 heteroatoms. The van der Waals surface area contributed by atoms with Crippen molar-refractivity contribution in [2.45, 2.75) is 11.8 Å². The van der Waals surface area contributed by atoms with E-state index in [9.17, 15) is 18.5 Å². The lowest BCUT2D eigenvalue weighted by molar-refractivity contribution is -0.387. The highest BCUT2D eigenvalue weighted by Gasteiger charge is 2.28. The van der Waals surface area contributed by atoms with Crippen molar-refractivity contribution in [3.05, 3.63) is 64.2 Å². The molecule has 2 rings (SSSR count). The van der Waals surface area contributed by atoms with Crippen LogP contribution in [0.4, 0.5) is 5.69 Å². The van der Waals surface area contributed by atoms with Crippen molar-refractivity contribution < 1.29 is 22.3 Å². The molecule has 0 saturated heterocycles. The second-order valence-corrected chi connectivity index (χ2v) is 6.19. The molecule has 0 spiro atoms. The maximum absolute atomic E-state index is 12.4. The molecule has 7 nitrogen and oxygen atoms in total. The number of hydrogen-bond donors (Lipinski definition) is 0. The quantitative estimate of drug-likeness (QED) is 0.450.